The molecule has 2 heterocycles. The molecule has 3 aromatic rings. The Balaban J connectivity index is 1.33. The second kappa shape index (κ2) is 9.87. The van der Waals surface area contributed by atoms with Crippen molar-refractivity contribution in [1.82, 2.24) is 20.4 Å². The predicted molar refractivity (Wildman–Crippen MR) is 126 cm³/mol. The minimum atomic E-state index is -0.376. The number of amides is 2. The highest BCUT2D eigenvalue weighted by Gasteiger charge is 2.27. The number of carbonyl (C=O) groups is 2. The van der Waals surface area contributed by atoms with Gasteiger partial charge in [0.1, 0.15) is 11.5 Å². The number of ether oxygens (including phenoxy) is 1. The number of anilines is 1. The van der Waals surface area contributed by atoms with Gasteiger partial charge in [-0.3, -0.25) is 14.9 Å². The van der Waals surface area contributed by atoms with Crippen LogP contribution in [0.25, 0.3) is 0 Å². The largest absolute Gasteiger partial charge is 0.457 e. The van der Waals surface area contributed by atoms with E-state index < -0.39 is 0 Å². The molecule has 4 rings (SSSR count). The van der Waals surface area contributed by atoms with Crippen molar-refractivity contribution in [2.45, 2.75) is 52.4 Å². The van der Waals surface area contributed by atoms with Gasteiger partial charge in [0.05, 0.1) is 5.69 Å². The zero-order valence-electron chi connectivity index (χ0n) is 19.1. The van der Waals surface area contributed by atoms with Crippen molar-refractivity contribution in [2.75, 3.05) is 5.32 Å². The summed E-state index contributed by atoms with van der Waals surface area (Å²) in [6, 6.07) is 16.9. The van der Waals surface area contributed by atoms with Crippen LogP contribution in [0.1, 0.15) is 43.0 Å². The molecule has 3 N–H and O–H groups in total. The summed E-state index contributed by atoms with van der Waals surface area (Å²) in [4.78, 5) is 24.4. The monoisotopic (exact) mass is 447 g/mol. The fourth-order valence-corrected chi connectivity index (χ4v) is 3.99. The lowest BCUT2D eigenvalue weighted by atomic mass is 10.1. The van der Waals surface area contributed by atoms with Gasteiger partial charge in [-0.25, -0.2) is 4.68 Å². The Morgan fingerprint density at radius 1 is 1.12 bits per heavy atom. The Labute approximate surface area is 193 Å². The van der Waals surface area contributed by atoms with E-state index in [4.69, 9.17) is 4.74 Å². The molecule has 8 heteroatoms. The fraction of sp³-hybridized carbons (Fsp3) is 0.320. The fourth-order valence-electron chi connectivity index (χ4n) is 3.99. The second-order valence-electron chi connectivity index (χ2n) is 8.32. The highest BCUT2D eigenvalue weighted by molar-refractivity contribution is 5.90. The van der Waals surface area contributed by atoms with Crippen LogP contribution < -0.4 is 20.7 Å². The molecule has 1 fully saturated rings. The number of nitrogens with one attached hydrogen (secondary N) is 3. The Bertz CT molecular complexity index is 1120. The summed E-state index contributed by atoms with van der Waals surface area (Å²) in [6.07, 6.45) is 0.965. The van der Waals surface area contributed by atoms with Crippen LogP contribution in [0.15, 0.2) is 54.6 Å². The Kier molecular flexibility index (Phi) is 6.74. The number of para-hydroxylation sites is 1. The summed E-state index contributed by atoms with van der Waals surface area (Å²) in [5.41, 5.74) is 3.53. The predicted octanol–water partition coefficient (Wildman–Crippen LogP) is 3.82. The van der Waals surface area contributed by atoms with E-state index in [1.54, 1.807) is 4.68 Å². The molecule has 8 nitrogen and oxygen atoms in total. The van der Waals surface area contributed by atoms with E-state index >= 15 is 0 Å². The van der Waals surface area contributed by atoms with Gasteiger partial charge in [-0.1, -0.05) is 18.2 Å². The molecule has 33 heavy (non-hydrogen) atoms. The van der Waals surface area contributed by atoms with Crippen LogP contribution >= 0.6 is 0 Å². The minimum Gasteiger partial charge on any atom is -0.457 e. The van der Waals surface area contributed by atoms with Crippen molar-refractivity contribution >= 4 is 17.5 Å². The molecule has 0 bridgehead atoms. The van der Waals surface area contributed by atoms with E-state index in [1.807, 2.05) is 75.4 Å². The Morgan fingerprint density at radius 3 is 2.52 bits per heavy atom. The van der Waals surface area contributed by atoms with Crippen LogP contribution in [0.3, 0.4) is 0 Å². The molecule has 0 spiro atoms. The number of nitrogens with zero attached hydrogens (tertiary/aromatic N) is 2. The van der Waals surface area contributed by atoms with Gasteiger partial charge >= 0.3 is 0 Å². The van der Waals surface area contributed by atoms with Gasteiger partial charge in [-0.05, 0) is 69.2 Å². The first-order chi connectivity index (χ1) is 15.9. The first-order valence-corrected chi connectivity index (χ1v) is 11.1. The van der Waals surface area contributed by atoms with Gasteiger partial charge in [0.2, 0.25) is 11.8 Å². The van der Waals surface area contributed by atoms with Crippen molar-refractivity contribution in [3.63, 3.8) is 0 Å². The first kappa shape index (κ1) is 22.5. The molecule has 1 aliphatic heterocycles. The van der Waals surface area contributed by atoms with Crippen LogP contribution in [-0.2, 0) is 16.0 Å². The first-order valence-electron chi connectivity index (χ1n) is 11.1. The maximum absolute atomic E-state index is 12.5. The highest BCUT2D eigenvalue weighted by atomic mass is 16.5. The molecule has 172 valence electrons. The number of hydrogen-bond donors (Lipinski definition) is 3. The molecule has 0 radical (unpaired) electrons. The molecule has 2 atom stereocenters. The Hall–Kier alpha value is -3.65. The summed E-state index contributed by atoms with van der Waals surface area (Å²) in [5.74, 6) is 1.39. The van der Waals surface area contributed by atoms with E-state index in [1.165, 1.54) is 0 Å². The average Bonchev–Trinajstić information content (AvgIpc) is 3.07. The SMILES string of the molecule is Cc1nn(C2NC(=O)CC(C)N2)c(C)c1CCC(=O)Nc1ccc(Oc2ccccc2)cc1. The van der Waals surface area contributed by atoms with Crippen molar-refractivity contribution < 1.29 is 14.3 Å². The molecular formula is C25H29N5O3. The van der Waals surface area contributed by atoms with E-state index in [0.717, 1.165) is 22.7 Å². The van der Waals surface area contributed by atoms with Crippen LogP contribution in [0.4, 0.5) is 5.69 Å². The number of benzene rings is 2. The van der Waals surface area contributed by atoms with Gasteiger partial charge < -0.3 is 15.4 Å². The lowest BCUT2D eigenvalue weighted by Crippen LogP contribution is -2.52. The smallest absolute Gasteiger partial charge is 0.224 e. The molecule has 1 aliphatic rings. The molecule has 1 aromatic heterocycles. The van der Waals surface area contributed by atoms with Crippen LogP contribution in [0.2, 0.25) is 0 Å². The number of carbonyl (C=O) groups excluding carboxylic acids is 2. The quantitative estimate of drug-likeness (QED) is 0.512. The molecule has 2 aromatic carbocycles. The maximum Gasteiger partial charge on any atom is 0.224 e. The van der Waals surface area contributed by atoms with E-state index in [-0.39, 0.29) is 24.1 Å². The Morgan fingerprint density at radius 2 is 1.82 bits per heavy atom. The number of hydrogen-bond acceptors (Lipinski definition) is 5. The summed E-state index contributed by atoms with van der Waals surface area (Å²) in [7, 11) is 0. The van der Waals surface area contributed by atoms with Crippen molar-refractivity contribution in [3.8, 4) is 11.5 Å². The third kappa shape index (κ3) is 5.59. The topological polar surface area (TPSA) is 97.3 Å². The zero-order chi connectivity index (χ0) is 23.4. The maximum atomic E-state index is 12.5. The molecule has 0 aliphatic carbocycles. The van der Waals surface area contributed by atoms with Gasteiger partial charge in [0, 0.05) is 30.3 Å². The van der Waals surface area contributed by atoms with Crippen LogP contribution in [-0.4, -0.2) is 27.6 Å². The summed E-state index contributed by atoms with van der Waals surface area (Å²) in [6.45, 7) is 5.87. The summed E-state index contributed by atoms with van der Waals surface area (Å²) in [5, 5.41) is 13.8. The van der Waals surface area contributed by atoms with E-state index in [2.05, 4.69) is 21.0 Å². The molecular weight excluding hydrogens is 418 g/mol. The lowest BCUT2D eigenvalue weighted by molar-refractivity contribution is -0.125. The highest BCUT2D eigenvalue weighted by Crippen LogP contribution is 2.23. The molecule has 0 saturated carbocycles. The number of rotatable bonds is 7. The average molecular weight is 448 g/mol. The van der Waals surface area contributed by atoms with Crippen molar-refractivity contribution in [3.05, 3.63) is 71.5 Å². The van der Waals surface area contributed by atoms with Crippen molar-refractivity contribution in [2.24, 2.45) is 0 Å². The van der Waals surface area contributed by atoms with Crippen LogP contribution in [0.5, 0.6) is 11.5 Å². The van der Waals surface area contributed by atoms with Crippen LogP contribution in [0, 0.1) is 13.8 Å². The summed E-state index contributed by atoms with van der Waals surface area (Å²) < 4.78 is 7.58. The molecule has 1 saturated heterocycles. The normalized spacial score (nSPS) is 18.0. The lowest BCUT2D eigenvalue weighted by Gasteiger charge is -2.30. The zero-order valence-corrected chi connectivity index (χ0v) is 19.1. The van der Waals surface area contributed by atoms with Gasteiger partial charge in [-0.2, -0.15) is 5.10 Å². The molecule has 2 unspecified atom stereocenters. The molecule has 2 amide bonds. The van der Waals surface area contributed by atoms with E-state index in [9.17, 15) is 9.59 Å². The van der Waals surface area contributed by atoms with Gasteiger partial charge in [0.15, 0.2) is 6.29 Å². The van der Waals surface area contributed by atoms with E-state index in [0.29, 0.717) is 30.7 Å². The third-order valence-electron chi connectivity index (χ3n) is 5.67. The standard InChI is InChI=1S/C25H29N5O3/c1-16-15-24(32)28-25(26-16)30-18(3)22(17(2)29-30)13-14-23(31)27-19-9-11-21(12-10-19)33-20-7-5-4-6-8-20/h4-12,16,25-26H,13-15H2,1-3H3,(H,27,31)(H,28,32). The van der Waals surface area contributed by atoms with Crippen molar-refractivity contribution in [1.29, 1.82) is 0 Å². The minimum absolute atomic E-state index is 0.0000760. The summed E-state index contributed by atoms with van der Waals surface area (Å²) >= 11 is 0. The number of aromatic nitrogens is 2. The second-order valence-corrected chi connectivity index (χ2v) is 8.32. The van der Waals surface area contributed by atoms with Gasteiger partial charge in [-0.15, -0.1) is 0 Å². The van der Waals surface area contributed by atoms with Gasteiger partial charge in [0.25, 0.3) is 0 Å². The third-order valence-corrected chi connectivity index (χ3v) is 5.67. The number of aryl methyl sites for hydroxylation is 1.